The van der Waals surface area contributed by atoms with Crippen molar-refractivity contribution in [3.63, 3.8) is 0 Å². The summed E-state index contributed by atoms with van der Waals surface area (Å²) in [5.41, 5.74) is 8.77. The monoisotopic (exact) mass is 1000 g/mol. The van der Waals surface area contributed by atoms with Crippen LogP contribution in [0.4, 0.5) is 21.6 Å². The molecule has 0 aliphatic carbocycles. The Morgan fingerprint density at radius 3 is 1.56 bits per heavy atom. The van der Waals surface area contributed by atoms with Crippen LogP contribution in [0.15, 0.2) is 90.6 Å². The zero-order chi connectivity index (χ0) is 48.4. The first-order valence-corrected chi connectivity index (χ1v) is 26.3. The lowest BCUT2D eigenvalue weighted by Gasteiger charge is -2.31. The van der Waals surface area contributed by atoms with Crippen LogP contribution >= 0.6 is 46.2 Å². The number of likely N-dealkylation sites (tertiary alicyclic amines) is 2. The molecule has 68 heavy (non-hydrogen) atoms. The maximum atomic E-state index is 12.8. The van der Waals surface area contributed by atoms with Gasteiger partial charge in [0.15, 0.2) is 10.3 Å². The number of hydrogen-bond acceptors (Lipinski definition) is 17. The number of hydrogen-bond donors (Lipinski definition) is 3. The van der Waals surface area contributed by atoms with Gasteiger partial charge in [-0.2, -0.15) is 0 Å². The number of nitrogens with one attached hydrogen (secondary N) is 2. The van der Waals surface area contributed by atoms with E-state index in [1.54, 1.807) is 60.4 Å². The Labute approximate surface area is 413 Å². The van der Waals surface area contributed by atoms with Crippen LogP contribution < -0.4 is 16.4 Å². The number of thioether (sulfide) groups is 2. The zero-order valence-electron chi connectivity index (χ0n) is 39.4. The highest BCUT2D eigenvalue weighted by Crippen LogP contribution is 2.34. The molecular weight excluding hydrogens is 941 g/mol. The molecule has 2 aromatic carbocycles. The van der Waals surface area contributed by atoms with Gasteiger partial charge >= 0.3 is 0 Å². The minimum Gasteiger partial charge on any atom is -0.444 e. The summed E-state index contributed by atoms with van der Waals surface area (Å²) in [4.78, 5) is 58.2. The van der Waals surface area contributed by atoms with Crippen LogP contribution in [-0.4, -0.2) is 72.7 Å². The Balaban J connectivity index is 0.000000202. The number of rotatable bonds is 15. The minimum absolute atomic E-state index is 0.00609. The average molecular weight is 1000 g/mol. The first-order chi connectivity index (χ1) is 32.4. The van der Waals surface area contributed by atoms with Gasteiger partial charge in [-0.15, -0.1) is 23.5 Å². The lowest BCUT2D eigenvalue weighted by atomic mass is 9.94. The molecule has 4 N–H and O–H groups in total. The van der Waals surface area contributed by atoms with Crippen molar-refractivity contribution in [2.45, 2.75) is 111 Å². The quantitative estimate of drug-likeness (QED) is 0.0378. The first-order valence-electron chi connectivity index (χ1n) is 22.7. The van der Waals surface area contributed by atoms with Gasteiger partial charge in [-0.3, -0.25) is 29.5 Å². The molecule has 0 atom stereocenters. The van der Waals surface area contributed by atoms with Crippen molar-refractivity contribution in [1.29, 1.82) is 0 Å². The number of benzene rings is 2. The molecule has 0 unspecified atom stereocenters. The fourth-order valence-electron chi connectivity index (χ4n) is 7.58. The Morgan fingerprint density at radius 2 is 1.15 bits per heavy atom. The topological polar surface area (TPSA) is 212 Å². The van der Waals surface area contributed by atoms with Gasteiger partial charge in [-0.05, 0) is 75.1 Å². The van der Waals surface area contributed by atoms with Crippen LogP contribution in [0.2, 0.25) is 0 Å². The number of nitro benzene ring substituents is 1. The van der Waals surface area contributed by atoms with E-state index in [2.05, 4.69) is 88.0 Å². The van der Waals surface area contributed by atoms with E-state index in [1.807, 2.05) is 24.3 Å². The van der Waals surface area contributed by atoms with Crippen LogP contribution in [-0.2, 0) is 45.0 Å². The third-order valence-corrected chi connectivity index (χ3v) is 15.7. The summed E-state index contributed by atoms with van der Waals surface area (Å²) in [5.74, 6) is 4.37. The molecule has 0 bridgehead atoms. The summed E-state index contributed by atoms with van der Waals surface area (Å²) >= 11 is 6.14. The fourth-order valence-corrected chi connectivity index (χ4v) is 11.0. The number of thiazole rings is 2. The summed E-state index contributed by atoms with van der Waals surface area (Å²) < 4.78 is 13.7. The predicted octanol–water partition coefficient (Wildman–Crippen LogP) is 10.6. The van der Waals surface area contributed by atoms with Crippen molar-refractivity contribution < 1.29 is 23.3 Å². The third kappa shape index (κ3) is 14.9. The van der Waals surface area contributed by atoms with E-state index in [9.17, 15) is 19.7 Å². The van der Waals surface area contributed by atoms with E-state index in [0.29, 0.717) is 40.1 Å². The highest BCUT2D eigenvalue weighted by atomic mass is 32.2. The molecule has 0 spiro atoms. The van der Waals surface area contributed by atoms with Gasteiger partial charge in [0.25, 0.3) is 5.69 Å². The largest absolute Gasteiger partial charge is 0.444 e. The molecule has 0 saturated carbocycles. The van der Waals surface area contributed by atoms with Crippen molar-refractivity contribution in [2.24, 2.45) is 11.8 Å². The summed E-state index contributed by atoms with van der Waals surface area (Å²) in [5, 5.41) is 18.2. The highest BCUT2D eigenvalue weighted by molar-refractivity contribution is 8.00. The maximum absolute atomic E-state index is 12.8. The maximum Gasteiger partial charge on any atom is 0.269 e. The summed E-state index contributed by atoms with van der Waals surface area (Å²) in [6.07, 6.45) is 10.3. The average Bonchev–Trinajstić information content (AvgIpc) is 4.14. The van der Waals surface area contributed by atoms with E-state index in [4.69, 9.17) is 14.6 Å². The molecule has 2 fully saturated rings. The van der Waals surface area contributed by atoms with E-state index < -0.39 is 0 Å². The van der Waals surface area contributed by atoms with E-state index in [0.717, 1.165) is 89.6 Å². The molecule has 20 heteroatoms. The number of amides is 2. The lowest BCUT2D eigenvalue weighted by Crippen LogP contribution is -2.37. The second-order valence-corrected chi connectivity index (χ2v) is 23.6. The van der Waals surface area contributed by atoms with Gasteiger partial charge in [0.2, 0.25) is 23.6 Å². The van der Waals surface area contributed by atoms with Crippen LogP contribution in [0.25, 0.3) is 0 Å². The molecule has 2 amide bonds. The zero-order valence-corrected chi connectivity index (χ0v) is 42.6. The Hall–Kier alpha value is -5.12. The molecule has 2 aliphatic rings. The Bertz CT molecular complexity index is 2620. The number of carbonyl (C=O) groups is 2. The van der Waals surface area contributed by atoms with Crippen molar-refractivity contribution in [3.8, 4) is 0 Å². The van der Waals surface area contributed by atoms with Gasteiger partial charge in [0, 0.05) is 53.6 Å². The molecule has 6 heterocycles. The van der Waals surface area contributed by atoms with Crippen molar-refractivity contribution >= 4 is 79.6 Å². The number of aromatic nitrogens is 4. The predicted molar refractivity (Wildman–Crippen MR) is 271 cm³/mol. The molecule has 2 saturated heterocycles. The van der Waals surface area contributed by atoms with Gasteiger partial charge in [0.1, 0.15) is 11.5 Å². The second kappa shape index (κ2) is 23.0. The molecule has 362 valence electrons. The van der Waals surface area contributed by atoms with Gasteiger partial charge in [0.05, 0.1) is 49.6 Å². The molecule has 2 aliphatic heterocycles. The number of nitrogen functional groups attached to an aromatic ring is 1. The van der Waals surface area contributed by atoms with Crippen molar-refractivity contribution in [1.82, 2.24) is 29.7 Å². The normalized spacial score (nSPS) is 15.4. The van der Waals surface area contributed by atoms with Crippen molar-refractivity contribution in [3.05, 3.63) is 118 Å². The van der Waals surface area contributed by atoms with E-state index in [1.165, 1.54) is 34.3 Å². The first kappa shape index (κ1) is 50.7. The number of non-ortho nitro benzene ring substituents is 1. The van der Waals surface area contributed by atoms with Crippen molar-refractivity contribution in [2.75, 3.05) is 42.5 Å². The fraction of sp³-hybridized carbons (Fsp3) is 0.458. The molecule has 0 radical (unpaired) electrons. The molecular formula is C48H60N10O6S4. The number of anilines is 3. The van der Waals surface area contributed by atoms with Crippen LogP contribution in [0.3, 0.4) is 0 Å². The summed E-state index contributed by atoms with van der Waals surface area (Å²) in [7, 11) is 0. The van der Waals surface area contributed by atoms with Crippen LogP contribution in [0.1, 0.15) is 102 Å². The molecule has 16 nitrogen and oxygen atoms in total. The summed E-state index contributed by atoms with van der Waals surface area (Å²) in [6.45, 7) is 17.4. The van der Waals surface area contributed by atoms with Gasteiger partial charge in [-0.1, -0.05) is 88.5 Å². The van der Waals surface area contributed by atoms with Gasteiger partial charge < -0.3 is 25.2 Å². The molecule has 6 aromatic rings. The number of carbonyl (C=O) groups excluding carboxylic acids is 2. The van der Waals surface area contributed by atoms with Crippen LogP contribution in [0, 0.1) is 22.0 Å². The second-order valence-electron chi connectivity index (χ2n) is 19.0. The smallest absolute Gasteiger partial charge is 0.269 e. The summed E-state index contributed by atoms with van der Waals surface area (Å²) in [6, 6.07) is 14.7. The number of nitrogens with two attached hydrogens (primary N) is 1. The minimum atomic E-state index is -0.376. The number of nitro groups is 1. The van der Waals surface area contributed by atoms with Gasteiger partial charge in [-0.25, -0.2) is 19.9 Å². The number of piperidine rings is 2. The molecule has 4 aromatic heterocycles. The number of oxazole rings is 2. The third-order valence-electron chi connectivity index (χ3n) is 11.5. The Kier molecular flexibility index (Phi) is 17.2. The Morgan fingerprint density at radius 1 is 0.706 bits per heavy atom. The number of nitrogens with zero attached hydrogens (tertiary/aromatic N) is 7. The SMILES string of the molecule is CC(C)(C)c1cnc(CSc2cnc(NC(=O)C3CCN(Cc4cccc(N)c4)CC3)s2)o1.CC(C)(C)c1cnc(CSc2cnc(NC(=O)C3CCN(Cc4cccc([N+](=O)[O-])c4)CC3)s2)o1. The standard InChI is InChI=1S/C24H29N5O4S2.C24H31N5O2S2/c1-24(2,3)19-12-25-20(33-19)15-34-21-13-26-23(35-21)27-22(30)17-7-9-28(10-8-17)14-16-5-4-6-18(11-16)29(31)32;1-24(2,3)19-12-26-20(31-19)15-32-21-13-27-23(33-21)28-22(30)17-7-9-29(10-8-17)14-16-5-4-6-18(25)11-16/h4-6,11-13,17H,7-10,14-15H2,1-3H3,(H,26,27,30);4-6,11-13,17H,7-10,14-15,25H2,1-3H3,(H,27,28,30). The highest BCUT2D eigenvalue weighted by Gasteiger charge is 2.28. The molecule has 8 rings (SSSR count). The lowest BCUT2D eigenvalue weighted by molar-refractivity contribution is -0.384. The van der Waals surface area contributed by atoms with Crippen LogP contribution in [0.5, 0.6) is 0 Å². The van der Waals surface area contributed by atoms with E-state index in [-0.39, 0.29) is 45.1 Å². The van der Waals surface area contributed by atoms with E-state index >= 15 is 0 Å².